The molecule has 0 fully saturated rings. The molecule has 0 aliphatic carbocycles. The second kappa shape index (κ2) is 5.38. The summed E-state index contributed by atoms with van der Waals surface area (Å²) in [6.07, 6.45) is 1.91. The van der Waals surface area contributed by atoms with Crippen molar-refractivity contribution in [1.82, 2.24) is 14.1 Å². The van der Waals surface area contributed by atoms with Gasteiger partial charge in [-0.25, -0.2) is 14.3 Å². The van der Waals surface area contributed by atoms with E-state index in [0.29, 0.717) is 16.2 Å². The van der Waals surface area contributed by atoms with Crippen LogP contribution in [0.25, 0.3) is 16.2 Å². The van der Waals surface area contributed by atoms with E-state index in [1.165, 1.54) is 32.2 Å². The smallest absolute Gasteiger partial charge is 0.336 e. The zero-order valence-corrected chi connectivity index (χ0v) is 12.6. The molecular formula is C13H11N3O3S2. The SMILES string of the molecule is CSc1csc(-n2c(=O)n(CC(=O)O)c3ccccc32)n1. The van der Waals surface area contributed by atoms with Crippen LogP contribution < -0.4 is 5.69 Å². The molecule has 0 amide bonds. The van der Waals surface area contributed by atoms with Gasteiger partial charge in [-0.2, -0.15) is 0 Å². The lowest BCUT2D eigenvalue weighted by Gasteiger charge is -1.96. The Hall–Kier alpha value is -2.06. The number of carbonyl (C=O) groups is 1. The van der Waals surface area contributed by atoms with E-state index in [-0.39, 0.29) is 12.2 Å². The van der Waals surface area contributed by atoms with Gasteiger partial charge in [0.25, 0.3) is 0 Å². The first-order chi connectivity index (χ1) is 10.1. The molecule has 0 radical (unpaired) electrons. The number of carboxylic acids is 1. The summed E-state index contributed by atoms with van der Waals surface area (Å²) in [5.41, 5.74) is 0.858. The Morgan fingerprint density at radius 3 is 2.71 bits per heavy atom. The summed E-state index contributed by atoms with van der Waals surface area (Å²) >= 11 is 2.85. The first kappa shape index (κ1) is 13.9. The summed E-state index contributed by atoms with van der Waals surface area (Å²) in [6, 6.07) is 7.11. The van der Waals surface area contributed by atoms with Crippen molar-refractivity contribution in [1.29, 1.82) is 0 Å². The number of para-hydroxylation sites is 2. The molecule has 0 atom stereocenters. The Balaban J connectivity index is 2.29. The zero-order valence-electron chi connectivity index (χ0n) is 11.0. The number of carboxylic acid groups (broad SMARTS) is 1. The number of nitrogens with zero attached hydrogens (tertiary/aromatic N) is 3. The first-order valence-corrected chi connectivity index (χ1v) is 8.14. The van der Waals surface area contributed by atoms with Crippen molar-refractivity contribution in [3.05, 3.63) is 40.1 Å². The van der Waals surface area contributed by atoms with Crippen LogP contribution in [0.2, 0.25) is 0 Å². The predicted molar refractivity (Wildman–Crippen MR) is 82.6 cm³/mol. The molecule has 0 spiro atoms. The van der Waals surface area contributed by atoms with E-state index in [0.717, 1.165) is 5.03 Å². The Bertz CT molecular complexity index is 878. The molecule has 2 aromatic heterocycles. The van der Waals surface area contributed by atoms with Gasteiger partial charge in [-0.05, 0) is 18.4 Å². The van der Waals surface area contributed by atoms with Gasteiger partial charge in [0.15, 0.2) is 5.13 Å². The highest BCUT2D eigenvalue weighted by atomic mass is 32.2. The van der Waals surface area contributed by atoms with Gasteiger partial charge in [0.2, 0.25) is 0 Å². The fraction of sp³-hybridized carbons (Fsp3) is 0.154. The minimum absolute atomic E-state index is 0.368. The summed E-state index contributed by atoms with van der Waals surface area (Å²) in [5.74, 6) is -1.05. The van der Waals surface area contributed by atoms with Gasteiger partial charge >= 0.3 is 11.7 Å². The zero-order chi connectivity index (χ0) is 15.0. The van der Waals surface area contributed by atoms with Gasteiger partial charge in [-0.15, -0.1) is 23.1 Å². The summed E-state index contributed by atoms with van der Waals surface area (Å²) in [6.45, 7) is -0.368. The van der Waals surface area contributed by atoms with Gasteiger partial charge in [-0.1, -0.05) is 12.1 Å². The van der Waals surface area contributed by atoms with Gasteiger partial charge in [0, 0.05) is 5.38 Å². The van der Waals surface area contributed by atoms with Crippen molar-refractivity contribution in [3.63, 3.8) is 0 Å². The number of thiazole rings is 1. The standard InChI is InChI=1S/C13H11N3O3S2/c1-20-10-7-21-12(14-10)16-9-5-3-2-4-8(9)15(13(16)19)6-11(17)18/h2-5,7H,6H2,1H3,(H,17,18). The highest BCUT2D eigenvalue weighted by Gasteiger charge is 2.17. The predicted octanol–water partition coefficient (Wildman–Crippen LogP) is 2.06. The third-order valence-electron chi connectivity index (χ3n) is 3.00. The molecule has 8 heteroatoms. The molecule has 6 nitrogen and oxygen atoms in total. The van der Waals surface area contributed by atoms with E-state index >= 15 is 0 Å². The molecule has 21 heavy (non-hydrogen) atoms. The van der Waals surface area contributed by atoms with Gasteiger partial charge < -0.3 is 5.11 Å². The summed E-state index contributed by atoms with van der Waals surface area (Å²) in [4.78, 5) is 27.9. The van der Waals surface area contributed by atoms with E-state index in [1.54, 1.807) is 18.2 Å². The maximum absolute atomic E-state index is 12.5. The Morgan fingerprint density at radius 2 is 2.10 bits per heavy atom. The summed E-state index contributed by atoms with van der Waals surface area (Å²) in [7, 11) is 0. The number of rotatable bonds is 4. The fourth-order valence-electron chi connectivity index (χ4n) is 2.13. The minimum atomic E-state index is -1.05. The van der Waals surface area contributed by atoms with Crippen molar-refractivity contribution in [3.8, 4) is 5.13 Å². The molecule has 0 unspecified atom stereocenters. The van der Waals surface area contributed by atoms with Crippen LogP contribution in [0.1, 0.15) is 0 Å². The maximum atomic E-state index is 12.5. The van der Waals surface area contributed by atoms with E-state index in [9.17, 15) is 9.59 Å². The van der Waals surface area contributed by atoms with Crippen molar-refractivity contribution in [2.45, 2.75) is 11.6 Å². The second-order valence-corrected chi connectivity index (χ2v) is 5.92. The molecule has 3 rings (SSSR count). The van der Waals surface area contributed by atoms with Crippen LogP contribution in [-0.2, 0) is 11.3 Å². The molecule has 1 N–H and O–H groups in total. The average molecular weight is 321 g/mol. The van der Waals surface area contributed by atoms with Crippen molar-refractivity contribution >= 4 is 40.1 Å². The van der Waals surface area contributed by atoms with E-state index < -0.39 is 5.97 Å². The monoisotopic (exact) mass is 321 g/mol. The van der Waals surface area contributed by atoms with Gasteiger partial charge in [-0.3, -0.25) is 9.36 Å². The molecule has 0 aliphatic heterocycles. The number of hydrogen-bond donors (Lipinski definition) is 1. The maximum Gasteiger partial charge on any atom is 0.336 e. The molecular weight excluding hydrogens is 310 g/mol. The quantitative estimate of drug-likeness (QED) is 0.744. The van der Waals surface area contributed by atoms with Crippen LogP contribution in [0.3, 0.4) is 0 Å². The third-order valence-corrected chi connectivity index (χ3v) is 4.60. The second-order valence-electron chi connectivity index (χ2n) is 4.26. The van der Waals surface area contributed by atoms with Gasteiger partial charge in [0.1, 0.15) is 11.6 Å². The summed E-state index contributed by atoms with van der Waals surface area (Å²) < 4.78 is 2.71. The molecule has 2 heterocycles. The molecule has 108 valence electrons. The van der Waals surface area contributed by atoms with Crippen LogP contribution in [0.4, 0.5) is 0 Å². The normalized spacial score (nSPS) is 11.1. The first-order valence-electron chi connectivity index (χ1n) is 6.04. The largest absolute Gasteiger partial charge is 0.480 e. The lowest BCUT2D eigenvalue weighted by atomic mass is 10.3. The molecule has 0 saturated heterocycles. The summed E-state index contributed by atoms with van der Waals surface area (Å²) in [5, 5.41) is 12.2. The number of aliphatic carboxylic acids is 1. The third kappa shape index (κ3) is 2.36. The number of thioether (sulfide) groups is 1. The molecule has 0 bridgehead atoms. The topological polar surface area (TPSA) is 77.1 Å². The molecule has 1 aromatic carbocycles. The highest BCUT2D eigenvalue weighted by Crippen LogP contribution is 2.23. The van der Waals surface area contributed by atoms with Crippen LogP contribution in [0.15, 0.2) is 39.5 Å². The minimum Gasteiger partial charge on any atom is -0.480 e. The number of hydrogen-bond acceptors (Lipinski definition) is 5. The fourth-order valence-corrected chi connectivity index (χ4v) is 3.58. The van der Waals surface area contributed by atoms with Crippen LogP contribution >= 0.6 is 23.1 Å². The molecule has 0 aliphatic rings. The van der Waals surface area contributed by atoms with Crippen molar-refractivity contribution in [2.24, 2.45) is 0 Å². The van der Waals surface area contributed by atoms with E-state index in [2.05, 4.69) is 4.98 Å². The highest BCUT2D eigenvalue weighted by molar-refractivity contribution is 7.98. The van der Waals surface area contributed by atoms with Crippen LogP contribution in [0.5, 0.6) is 0 Å². The van der Waals surface area contributed by atoms with Crippen LogP contribution in [0, 0.1) is 0 Å². The average Bonchev–Trinajstić information content (AvgIpc) is 3.03. The molecule has 3 aromatic rings. The Kier molecular flexibility index (Phi) is 3.56. The number of fused-ring (bicyclic) bond motifs is 1. The van der Waals surface area contributed by atoms with Gasteiger partial charge in [0.05, 0.1) is 11.0 Å². The Labute approximate surface area is 127 Å². The number of imidazole rings is 1. The van der Waals surface area contributed by atoms with Crippen molar-refractivity contribution < 1.29 is 9.90 Å². The van der Waals surface area contributed by atoms with E-state index in [1.807, 2.05) is 17.7 Å². The van der Waals surface area contributed by atoms with Crippen LogP contribution in [-0.4, -0.2) is 31.4 Å². The number of benzene rings is 1. The number of aromatic nitrogens is 3. The lowest BCUT2D eigenvalue weighted by molar-refractivity contribution is -0.137. The van der Waals surface area contributed by atoms with E-state index in [4.69, 9.17) is 5.11 Å². The lowest BCUT2D eigenvalue weighted by Crippen LogP contribution is -2.26. The Morgan fingerprint density at radius 1 is 1.38 bits per heavy atom. The van der Waals surface area contributed by atoms with Crippen molar-refractivity contribution in [2.75, 3.05) is 6.26 Å². The molecule has 0 saturated carbocycles.